The third kappa shape index (κ3) is 4.49. The highest BCUT2D eigenvalue weighted by Gasteiger charge is 2.23. The number of hydrogen-bond acceptors (Lipinski definition) is 5. The van der Waals surface area contributed by atoms with E-state index in [0.29, 0.717) is 23.2 Å². The summed E-state index contributed by atoms with van der Waals surface area (Å²) in [6.07, 6.45) is 4.23. The molecule has 2 heterocycles. The van der Waals surface area contributed by atoms with Gasteiger partial charge in [-0.15, -0.1) is 0 Å². The van der Waals surface area contributed by atoms with Crippen LogP contribution in [0.2, 0.25) is 0 Å². The molecule has 0 atom stereocenters. The van der Waals surface area contributed by atoms with Crippen LogP contribution in [0.3, 0.4) is 0 Å². The van der Waals surface area contributed by atoms with Crippen molar-refractivity contribution in [2.75, 3.05) is 13.6 Å². The first-order valence-electron chi connectivity index (χ1n) is 9.42. The maximum Gasteiger partial charge on any atom is 0.289 e. The monoisotopic (exact) mass is 403 g/mol. The summed E-state index contributed by atoms with van der Waals surface area (Å²) in [5.74, 6) is 0.848. The minimum atomic E-state index is -0.110. The second-order valence-corrected chi connectivity index (χ2v) is 7.63. The van der Waals surface area contributed by atoms with Crippen molar-refractivity contribution in [3.63, 3.8) is 0 Å². The molecule has 0 aliphatic rings. The number of carbonyl (C=O) groups excluding carboxylic acids is 1. The van der Waals surface area contributed by atoms with Gasteiger partial charge in [-0.05, 0) is 24.1 Å². The third-order valence-corrected chi connectivity index (χ3v) is 5.61. The number of amides is 1. The Morgan fingerprint density at radius 2 is 1.72 bits per heavy atom. The van der Waals surface area contributed by atoms with Gasteiger partial charge in [0.2, 0.25) is 0 Å². The molecular formula is C23H21N3O2S. The topological polar surface area (TPSA) is 59.2 Å². The molecule has 0 spiro atoms. The predicted octanol–water partition coefficient (Wildman–Crippen LogP) is 4.83. The van der Waals surface area contributed by atoms with Gasteiger partial charge in [0.15, 0.2) is 10.9 Å². The fraction of sp³-hybridized carbons (Fsp3) is 0.174. The summed E-state index contributed by atoms with van der Waals surface area (Å²) < 4.78 is 5.98. The highest BCUT2D eigenvalue weighted by Crippen LogP contribution is 2.31. The number of fused-ring (bicyclic) bond motifs is 1. The summed E-state index contributed by atoms with van der Waals surface area (Å²) in [6.45, 7) is 0.619. The first-order valence-corrected chi connectivity index (χ1v) is 10.4. The molecular weight excluding hydrogens is 382 g/mol. The zero-order chi connectivity index (χ0) is 20.1. The van der Waals surface area contributed by atoms with Crippen LogP contribution in [-0.2, 0) is 12.2 Å². The first-order chi connectivity index (χ1) is 14.2. The van der Waals surface area contributed by atoms with E-state index < -0.39 is 0 Å². The number of nitrogens with zero attached hydrogens (tertiary/aromatic N) is 3. The van der Waals surface area contributed by atoms with Crippen molar-refractivity contribution >= 4 is 28.6 Å². The van der Waals surface area contributed by atoms with Crippen LogP contribution in [0.1, 0.15) is 21.7 Å². The fourth-order valence-electron chi connectivity index (χ4n) is 3.13. The molecule has 0 bridgehead atoms. The van der Waals surface area contributed by atoms with Crippen LogP contribution in [0.5, 0.6) is 0 Å². The van der Waals surface area contributed by atoms with Gasteiger partial charge in [-0.25, -0.2) is 9.97 Å². The van der Waals surface area contributed by atoms with Crippen LogP contribution in [0.25, 0.3) is 11.0 Å². The molecule has 4 rings (SSSR count). The number of hydrogen-bond donors (Lipinski definition) is 0. The molecule has 1 amide bonds. The number of aromatic nitrogens is 2. The third-order valence-electron chi connectivity index (χ3n) is 4.71. The molecule has 0 unspecified atom stereocenters. The molecule has 146 valence electrons. The Kier molecular flexibility index (Phi) is 5.91. The fourth-order valence-corrected chi connectivity index (χ4v) is 3.96. The average Bonchev–Trinajstić information content (AvgIpc) is 3.15. The SMILES string of the molecule is CN(CCc1ccccc1)C(=O)c1oc2ccccc2c1CSc1ncccn1. The van der Waals surface area contributed by atoms with Crippen molar-refractivity contribution in [2.45, 2.75) is 17.3 Å². The van der Waals surface area contributed by atoms with E-state index in [9.17, 15) is 4.79 Å². The summed E-state index contributed by atoms with van der Waals surface area (Å²) in [7, 11) is 1.82. The lowest BCUT2D eigenvalue weighted by Crippen LogP contribution is -2.29. The van der Waals surface area contributed by atoms with Crippen molar-refractivity contribution < 1.29 is 9.21 Å². The van der Waals surface area contributed by atoms with Crippen LogP contribution >= 0.6 is 11.8 Å². The maximum atomic E-state index is 13.2. The molecule has 2 aromatic heterocycles. The van der Waals surface area contributed by atoms with E-state index in [0.717, 1.165) is 23.0 Å². The van der Waals surface area contributed by atoms with Crippen LogP contribution in [0.15, 0.2) is 82.6 Å². The second-order valence-electron chi connectivity index (χ2n) is 6.69. The predicted molar refractivity (Wildman–Crippen MR) is 115 cm³/mol. The van der Waals surface area contributed by atoms with Crippen molar-refractivity contribution in [1.29, 1.82) is 0 Å². The molecule has 0 N–H and O–H groups in total. The number of para-hydroxylation sites is 1. The Bertz CT molecular complexity index is 1100. The molecule has 29 heavy (non-hydrogen) atoms. The van der Waals surface area contributed by atoms with Gasteiger partial charge in [0.05, 0.1) is 0 Å². The Morgan fingerprint density at radius 3 is 2.52 bits per heavy atom. The average molecular weight is 404 g/mol. The van der Waals surface area contributed by atoms with Gasteiger partial charge in [0, 0.05) is 42.7 Å². The lowest BCUT2D eigenvalue weighted by Gasteiger charge is -2.16. The normalized spacial score (nSPS) is 10.9. The number of benzene rings is 2. The highest BCUT2D eigenvalue weighted by atomic mass is 32.2. The summed E-state index contributed by atoms with van der Waals surface area (Å²) in [5.41, 5.74) is 2.81. The van der Waals surface area contributed by atoms with E-state index in [2.05, 4.69) is 22.1 Å². The van der Waals surface area contributed by atoms with Gasteiger partial charge in [-0.3, -0.25) is 4.79 Å². The largest absolute Gasteiger partial charge is 0.451 e. The molecule has 0 radical (unpaired) electrons. The number of carbonyl (C=O) groups is 1. The summed E-state index contributed by atoms with van der Waals surface area (Å²) >= 11 is 1.49. The minimum absolute atomic E-state index is 0.110. The highest BCUT2D eigenvalue weighted by molar-refractivity contribution is 7.98. The zero-order valence-corrected chi connectivity index (χ0v) is 16.9. The van der Waals surface area contributed by atoms with Gasteiger partial charge >= 0.3 is 0 Å². The minimum Gasteiger partial charge on any atom is -0.451 e. The molecule has 6 heteroatoms. The Hall–Kier alpha value is -3.12. The zero-order valence-electron chi connectivity index (χ0n) is 16.1. The second kappa shape index (κ2) is 8.92. The number of furan rings is 1. The van der Waals surface area contributed by atoms with Gasteiger partial charge in [-0.2, -0.15) is 0 Å². The van der Waals surface area contributed by atoms with Gasteiger partial charge in [-0.1, -0.05) is 60.3 Å². The van der Waals surface area contributed by atoms with Crippen molar-refractivity contribution in [3.05, 3.63) is 89.9 Å². The van der Waals surface area contributed by atoms with Gasteiger partial charge < -0.3 is 9.32 Å². The molecule has 0 fully saturated rings. The molecule has 0 aliphatic carbocycles. The summed E-state index contributed by atoms with van der Waals surface area (Å²) in [5, 5.41) is 1.63. The van der Waals surface area contributed by atoms with E-state index in [-0.39, 0.29) is 5.91 Å². The molecule has 2 aromatic carbocycles. The first kappa shape index (κ1) is 19.2. The van der Waals surface area contributed by atoms with Crippen LogP contribution in [-0.4, -0.2) is 34.4 Å². The van der Waals surface area contributed by atoms with Crippen LogP contribution in [0.4, 0.5) is 0 Å². The summed E-state index contributed by atoms with van der Waals surface area (Å²) in [4.78, 5) is 23.4. The van der Waals surface area contributed by atoms with E-state index in [4.69, 9.17) is 4.42 Å². The van der Waals surface area contributed by atoms with Crippen LogP contribution < -0.4 is 0 Å². The Balaban J connectivity index is 1.56. The molecule has 4 aromatic rings. The van der Waals surface area contributed by atoms with Crippen molar-refractivity contribution in [3.8, 4) is 0 Å². The maximum absolute atomic E-state index is 13.2. The number of thioether (sulfide) groups is 1. The smallest absolute Gasteiger partial charge is 0.289 e. The van der Waals surface area contributed by atoms with Crippen LogP contribution in [0, 0.1) is 0 Å². The molecule has 0 aliphatic heterocycles. The standard InChI is InChI=1S/C23H21N3O2S/c1-26(15-12-17-8-3-2-4-9-17)22(27)21-19(16-29-23-24-13-7-14-25-23)18-10-5-6-11-20(18)28-21/h2-11,13-14H,12,15-16H2,1H3. The molecule has 5 nitrogen and oxygen atoms in total. The quantitative estimate of drug-likeness (QED) is 0.327. The molecule has 0 saturated carbocycles. The van der Waals surface area contributed by atoms with E-state index in [1.807, 2.05) is 49.5 Å². The van der Waals surface area contributed by atoms with Gasteiger partial charge in [0.1, 0.15) is 5.58 Å². The summed E-state index contributed by atoms with van der Waals surface area (Å²) in [6, 6.07) is 19.7. The van der Waals surface area contributed by atoms with Gasteiger partial charge in [0.25, 0.3) is 5.91 Å². The molecule has 0 saturated heterocycles. The van der Waals surface area contributed by atoms with E-state index in [1.54, 1.807) is 23.4 Å². The lowest BCUT2D eigenvalue weighted by atomic mass is 10.1. The van der Waals surface area contributed by atoms with E-state index in [1.165, 1.54) is 17.3 Å². The number of likely N-dealkylation sites (N-methyl/N-ethyl adjacent to an activating group) is 1. The van der Waals surface area contributed by atoms with Crippen molar-refractivity contribution in [2.24, 2.45) is 0 Å². The van der Waals surface area contributed by atoms with Crippen molar-refractivity contribution in [1.82, 2.24) is 14.9 Å². The van der Waals surface area contributed by atoms with E-state index >= 15 is 0 Å². The Labute approximate surface area is 173 Å². The lowest BCUT2D eigenvalue weighted by molar-refractivity contribution is 0.0766. The number of rotatable bonds is 7. The Morgan fingerprint density at radius 1 is 1.00 bits per heavy atom.